The molecule has 1 fully saturated rings. The van der Waals surface area contributed by atoms with Crippen LogP contribution in [0.15, 0.2) is 34.2 Å². The molecule has 0 aromatic heterocycles. The van der Waals surface area contributed by atoms with E-state index in [0.29, 0.717) is 4.91 Å². The van der Waals surface area contributed by atoms with E-state index in [-0.39, 0.29) is 18.1 Å². The second kappa shape index (κ2) is 8.27. The summed E-state index contributed by atoms with van der Waals surface area (Å²) in [5, 5.41) is 0.794. The van der Waals surface area contributed by atoms with E-state index in [2.05, 4.69) is 66.8 Å². The topological polar surface area (TPSA) is 45.1 Å². The molecule has 5 nitrogen and oxygen atoms in total. The number of hydrogen-bond acceptors (Lipinski definition) is 5. The minimum atomic E-state index is -0.149. The summed E-state index contributed by atoms with van der Waals surface area (Å²) in [6.45, 7) is 11.9. The summed E-state index contributed by atoms with van der Waals surface area (Å²) in [4.78, 5) is 21.7. The molecule has 2 aliphatic rings. The third kappa shape index (κ3) is 4.30. The molecule has 6 heteroatoms. The van der Waals surface area contributed by atoms with Gasteiger partial charge in [-0.1, -0.05) is 12.1 Å². The van der Waals surface area contributed by atoms with Crippen LogP contribution in [0.5, 0.6) is 0 Å². The molecule has 3 rings (SSSR count). The molecule has 1 amide bonds. The number of benzene rings is 1. The van der Waals surface area contributed by atoms with Gasteiger partial charge < -0.3 is 14.5 Å². The summed E-state index contributed by atoms with van der Waals surface area (Å²) in [7, 11) is 0. The molecular formula is C20H27N3O2S. The number of aliphatic imine (C=N–C) groups is 1. The normalized spacial score (nSPS) is 24.9. The van der Waals surface area contributed by atoms with E-state index < -0.39 is 0 Å². The van der Waals surface area contributed by atoms with Crippen LogP contribution in [0, 0.1) is 0 Å². The summed E-state index contributed by atoms with van der Waals surface area (Å²) in [5.41, 5.74) is 2.23. The third-order valence-electron chi connectivity index (χ3n) is 4.62. The number of carbonyl (C=O) groups is 1. The van der Waals surface area contributed by atoms with Gasteiger partial charge in [0.1, 0.15) is 0 Å². The van der Waals surface area contributed by atoms with Crippen LogP contribution >= 0.6 is 11.8 Å². The van der Waals surface area contributed by atoms with Crippen molar-refractivity contribution in [2.75, 3.05) is 31.1 Å². The Labute approximate surface area is 160 Å². The van der Waals surface area contributed by atoms with Crippen LogP contribution in [0.25, 0.3) is 6.08 Å². The van der Waals surface area contributed by atoms with Crippen molar-refractivity contribution in [3.63, 3.8) is 0 Å². The minimum Gasteiger partial charge on any atom is -0.372 e. The van der Waals surface area contributed by atoms with Gasteiger partial charge in [-0.3, -0.25) is 4.79 Å². The molecule has 0 bridgehead atoms. The summed E-state index contributed by atoms with van der Waals surface area (Å²) in [6, 6.07) is 8.34. The van der Waals surface area contributed by atoms with Gasteiger partial charge in [0.15, 0.2) is 5.17 Å². The average molecular weight is 374 g/mol. The summed E-state index contributed by atoms with van der Waals surface area (Å²) >= 11 is 1.47. The fourth-order valence-corrected chi connectivity index (χ4v) is 4.32. The summed E-state index contributed by atoms with van der Waals surface area (Å²) in [6.07, 6.45) is 2.23. The number of morpholine rings is 1. The average Bonchev–Trinajstić information content (AvgIpc) is 2.97. The van der Waals surface area contributed by atoms with Crippen molar-refractivity contribution < 1.29 is 9.53 Å². The molecule has 140 valence electrons. The van der Waals surface area contributed by atoms with Crippen molar-refractivity contribution in [1.82, 2.24) is 4.90 Å². The first-order valence-corrected chi connectivity index (χ1v) is 10.1. The SMILES string of the molecule is CCN(CC)c1ccc(/C=C2/SC(N3C[C@H](C)O[C@@H](C)C3)=NC2=O)cc1. The van der Waals surface area contributed by atoms with Crippen molar-refractivity contribution in [2.45, 2.75) is 39.9 Å². The number of amidine groups is 1. The Bertz CT molecular complexity index is 700. The quantitative estimate of drug-likeness (QED) is 0.755. The largest absolute Gasteiger partial charge is 0.372 e. The highest BCUT2D eigenvalue weighted by molar-refractivity contribution is 8.18. The zero-order valence-corrected chi connectivity index (χ0v) is 16.8. The molecule has 0 N–H and O–H groups in total. The van der Waals surface area contributed by atoms with Gasteiger partial charge in [-0.05, 0) is 63.2 Å². The number of rotatable bonds is 4. The van der Waals surface area contributed by atoms with Gasteiger partial charge in [0, 0.05) is 31.9 Å². The molecule has 26 heavy (non-hydrogen) atoms. The van der Waals surface area contributed by atoms with Gasteiger partial charge in [0.2, 0.25) is 0 Å². The predicted molar refractivity (Wildman–Crippen MR) is 110 cm³/mol. The highest BCUT2D eigenvalue weighted by Gasteiger charge is 2.30. The molecule has 2 atom stereocenters. The molecule has 0 radical (unpaired) electrons. The fourth-order valence-electron chi connectivity index (χ4n) is 3.39. The standard InChI is InChI=1S/C20H27N3O2S/c1-5-22(6-2)17-9-7-16(8-10-17)11-18-19(24)21-20(26-18)23-12-14(3)25-15(4)13-23/h7-11,14-15H,5-6,12-13H2,1-4H3/b18-11+/t14-,15-/m0/s1. The summed E-state index contributed by atoms with van der Waals surface area (Å²) in [5.74, 6) is -0.149. The Morgan fingerprint density at radius 2 is 1.81 bits per heavy atom. The van der Waals surface area contributed by atoms with Crippen molar-refractivity contribution in [3.05, 3.63) is 34.7 Å². The van der Waals surface area contributed by atoms with Crippen LogP contribution in [0.3, 0.4) is 0 Å². The number of hydrogen-bond donors (Lipinski definition) is 0. The van der Waals surface area contributed by atoms with E-state index in [0.717, 1.165) is 36.9 Å². The molecule has 1 aromatic rings. The molecule has 2 aliphatic heterocycles. The van der Waals surface area contributed by atoms with E-state index in [1.54, 1.807) is 0 Å². The van der Waals surface area contributed by atoms with Crippen LogP contribution in [0.4, 0.5) is 5.69 Å². The molecular weight excluding hydrogens is 346 g/mol. The lowest BCUT2D eigenvalue weighted by atomic mass is 10.2. The van der Waals surface area contributed by atoms with E-state index in [1.165, 1.54) is 17.4 Å². The monoisotopic (exact) mass is 373 g/mol. The van der Waals surface area contributed by atoms with Crippen molar-refractivity contribution in [1.29, 1.82) is 0 Å². The zero-order valence-electron chi connectivity index (χ0n) is 15.9. The van der Waals surface area contributed by atoms with Crippen LogP contribution in [0.1, 0.15) is 33.3 Å². The van der Waals surface area contributed by atoms with Crippen LogP contribution in [-0.4, -0.2) is 54.4 Å². The van der Waals surface area contributed by atoms with Crippen LogP contribution in [-0.2, 0) is 9.53 Å². The van der Waals surface area contributed by atoms with Gasteiger partial charge in [-0.15, -0.1) is 0 Å². The molecule has 0 unspecified atom stereocenters. The highest BCUT2D eigenvalue weighted by Crippen LogP contribution is 2.31. The lowest BCUT2D eigenvalue weighted by Gasteiger charge is -2.35. The Balaban J connectivity index is 1.70. The number of anilines is 1. The van der Waals surface area contributed by atoms with Crippen molar-refractivity contribution in [3.8, 4) is 0 Å². The molecule has 0 spiro atoms. The first-order chi connectivity index (χ1) is 12.5. The molecule has 2 heterocycles. The van der Waals surface area contributed by atoms with Gasteiger partial charge in [-0.25, -0.2) is 0 Å². The fraction of sp³-hybridized carbons (Fsp3) is 0.500. The second-order valence-electron chi connectivity index (χ2n) is 6.74. The maximum atomic E-state index is 12.3. The number of ether oxygens (including phenoxy) is 1. The Morgan fingerprint density at radius 3 is 2.38 bits per heavy atom. The summed E-state index contributed by atoms with van der Waals surface area (Å²) < 4.78 is 5.76. The Hall–Kier alpha value is -1.79. The van der Waals surface area contributed by atoms with Gasteiger partial charge in [0.05, 0.1) is 17.1 Å². The predicted octanol–water partition coefficient (Wildman–Crippen LogP) is 3.61. The van der Waals surface area contributed by atoms with E-state index in [4.69, 9.17) is 4.74 Å². The Kier molecular flexibility index (Phi) is 6.04. The number of amides is 1. The molecule has 1 aromatic carbocycles. The lowest BCUT2D eigenvalue weighted by molar-refractivity contribution is -0.113. The maximum Gasteiger partial charge on any atom is 0.286 e. The smallest absolute Gasteiger partial charge is 0.286 e. The molecule has 1 saturated heterocycles. The zero-order chi connectivity index (χ0) is 18.7. The number of nitrogens with zero attached hydrogens (tertiary/aromatic N) is 3. The minimum absolute atomic E-state index is 0.149. The molecule has 0 aliphatic carbocycles. The first kappa shape index (κ1) is 19.0. The van der Waals surface area contributed by atoms with E-state index in [9.17, 15) is 4.79 Å². The van der Waals surface area contributed by atoms with E-state index in [1.807, 2.05) is 6.08 Å². The highest BCUT2D eigenvalue weighted by atomic mass is 32.2. The molecule has 0 saturated carbocycles. The first-order valence-electron chi connectivity index (χ1n) is 9.28. The third-order valence-corrected chi connectivity index (χ3v) is 5.66. The lowest BCUT2D eigenvalue weighted by Crippen LogP contribution is -2.47. The van der Waals surface area contributed by atoms with E-state index >= 15 is 0 Å². The maximum absolute atomic E-state index is 12.3. The van der Waals surface area contributed by atoms with Crippen LogP contribution < -0.4 is 4.90 Å². The van der Waals surface area contributed by atoms with Gasteiger partial charge >= 0.3 is 0 Å². The van der Waals surface area contributed by atoms with Crippen LogP contribution in [0.2, 0.25) is 0 Å². The number of carbonyl (C=O) groups excluding carboxylic acids is 1. The van der Waals surface area contributed by atoms with Gasteiger partial charge in [0.25, 0.3) is 5.91 Å². The number of thioether (sulfide) groups is 1. The van der Waals surface area contributed by atoms with Crippen molar-refractivity contribution in [2.24, 2.45) is 4.99 Å². The van der Waals surface area contributed by atoms with Gasteiger partial charge in [-0.2, -0.15) is 4.99 Å². The second-order valence-corrected chi connectivity index (χ2v) is 7.75. The Morgan fingerprint density at radius 1 is 1.19 bits per heavy atom. The van der Waals surface area contributed by atoms with Crippen molar-refractivity contribution >= 4 is 34.6 Å².